The zero-order chi connectivity index (χ0) is 14.2. The van der Waals surface area contributed by atoms with Crippen molar-refractivity contribution >= 4 is 27.9 Å². The second-order valence-corrected chi connectivity index (χ2v) is 5.73. The van der Waals surface area contributed by atoms with Crippen molar-refractivity contribution in [2.45, 2.75) is 0 Å². The zero-order valence-electron chi connectivity index (χ0n) is 11.2. The fourth-order valence-electron chi connectivity index (χ4n) is 2.50. The number of nitrogens with one attached hydrogen (secondary N) is 1. The number of thiazole rings is 1. The van der Waals surface area contributed by atoms with Crippen LogP contribution in [-0.4, -0.2) is 9.97 Å². The molecule has 0 radical (unpaired) electrons. The molecule has 0 saturated carbocycles. The smallest absolute Gasteiger partial charge is 0.126 e. The highest BCUT2D eigenvalue weighted by Crippen LogP contribution is 2.34. The summed E-state index contributed by atoms with van der Waals surface area (Å²) in [5.74, 6) is 0. The molecule has 0 bridgehead atoms. The lowest BCUT2D eigenvalue weighted by molar-refractivity contribution is 1.40. The number of aromatic amines is 1. The Labute approximate surface area is 126 Å². The molecular formula is C17H13N3S. The molecule has 2 aromatic carbocycles. The number of benzene rings is 2. The van der Waals surface area contributed by atoms with E-state index in [2.05, 4.69) is 22.5 Å². The van der Waals surface area contributed by atoms with Gasteiger partial charge in [-0.05, 0) is 18.2 Å². The molecule has 4 heteroatoms. The number of aromatic nitrogens is 2. The highest BCUT2D eigenvalue weighted by Gasteiger charge is 2.11. The predicted octanol–water partition coefficient (Wildman–Crippen LogP) is 4.54. The van der Waals surface area contributed by atoms with Crippen LogP contribution in [0, 0.1) is 0 Å². The van der Waals surface area contributed by atoms with Gasteiger partial charge in [-0.1, -0.05) is 30.3 Å². The summed E-state index contributed by atoms with van der Waals surface area (Å²) in [5.41, 5.74) is 11.0. The van der Waals surface area contributed by atoms with Crippen molar-refractivity contribution in [1.29, 1.82) is 0 Å². The number of fused-ring (bicyclic) bond motifs is 1. The Balaban J connectivity index is 1.83. The molecule has 0 aliphatic carbocycles. The fourth-order valence-corrected chi connectivity index (χ4v) is 3.36. The molecule has 0 aliphatic rings. The molecule has 0 saturated heterocycles. The number of rotatable bonds is 2. The van der Waals surface area contributed by atoms with Gasteiger partial charge in [0.05, 0.1) is 5.69 Å². The molecule has 0 fully saturated rings. The van der Waals surface area contributed by atoms with Crippen LogP contribution < -0.4 is 5.73 Å². The number of para-hydroxylation sites is 2. The monoisotopic (exact) mass is 291 g/mol. The van der Waals surface area contributed by atoms with Gasteiger partial charge < -0.3 is 10.7 Å². The molecule has 0 aliphatic heterocycles. The molecule has 0 atom stereocenters. The number of nitrogens with zero attached hydrogens (tertiary/aromatic N) is 1. The van der Waals surface area contributed by atoms with Crippen LogP contribution in [-0.2, 0) is 0 Å². The minimum Gasteiger partial charge on any atom is -0.398 e. The third kappa shape index (κ3) is 2.00. The lowest BCUT2D eigenvalue weighted by Gasteiger charge is -2.00. The van der Waals surface area contributed by atoms with Gasteiger partial charge in [-0.3, -0.25) is 0 Å². The lowest BCUT2D eigenvalue weighted by atomic mass is 10.1. The van der Waals surface area contributed by atoms with Crippen LogP contribution in [0.25, 0.3) is 32.7 Å². The molecular weight excluding hydrogens is 278 g/mol. The van der Waals surface area contributed by atoms with Crippen molar-refractivity contribution in [2.75, 3.05) is 5.73 Å². The summed E-state index contributed by atoms with van der Waals surface area (Å²) >= 11 is 1.62. The van der Waals surface area contributed by atoms with Gasteiger partial charge in [0.2, 0.25) is 0 Å². The molecule has 2 heterocycles. The van der Waals surface area contributed by atoms with Crippen LogP contribution in [0.2, 0.25) is 0 Å². The van der Waals surface area contributed by atoms with Crippen molar-refractivity contribution in [3.8, 4) is 21.8 Å². The minimum absolute atomic E-state index is 0.761. The highest BCUT2D eigenvalue weighted by atomic mass is 32.1. The first-order chi connectivity index (χ1) is 10.3. The van der Waals surface area contributed by atoms with Crippen LogP contribution in [0.4, 0.5) is 5.69 Å². The maximum atomic E-state index is 6.03. The van der Waals surface area contributed by atoms with E-state index < -0.39 is 0 Å². The summed E-state index contributed by atoms with van der Waals surface area (Å²) < 4.78 is 0. The summed E-state index contributed by atoms with van der Waals surface area (Å²) in [7, 11) is 0. The van der Waals surface area contributed by atoms with Crippen LogP contribution in [0.15, 0.2) is 60.1 Å². The number of hydrogen-bond donors (Lipinski definition) is 2. The van der Waals surface area contributed by atoms with Gasteiger partial charge in [0, 0.05) is 39.3 Å². The first kappa shape index (κ1) is 12.2. The van der Waals surface area contributed by atoms with Gasteiger partial charge in [0.1, 0.15) is 5.01 Å². The van der Waals surface area contributed by atoms with Crippen molar-refractivity contribution < 1.29 is 0 Å². The van der Waals surface area contributed by atoms with Gasteiger partial charge in [-0.25, -0.2) is 4.98 Å². The molecule has 3 nitrogen and oxygen atoms in total. The maximum Gasteiger partial charge on any atom is 0.126 e. The minimum atomic E-state index is 0.761. The zero-order valence-corrected chi connectivity index (χ0v) is 12.0. The molecule has 4 aromatic rings. The van der Waals surface area contributed by atoms with Crippen LogP contribution >= 0.6 is 11.3 Å². The number of nitrogens with two attached hydrogens (primary N) is 1. The average Bonchev–Trinajstić information content (AvgIpc) is 3.14. The Morgan fingerprint density at radius 1 is 0.952 bits per heavy atom. The Hall–Kier alpha value is -2.59. The van der Waals surface area contributed by atoms with Crippen molar-refractivity contribution in [1.82, 2.24) is 9.97 Å². The maximum absolute atomic E-state index is 6.03. The first-order valence-corrected chi connectivity index (χ1v) is 7.58. The SMILES string of the molecule is Nc1ccccc1-c1nc(-c2c[nH]c3ccccc23)cs1. The summed E-state index contributed by atoms with van der Waals surface area (Å²) in [6.45, 7) is 0. The molecule has 0 amide bonds. The van der Waals surface area contributed by atoms with E-state index in [-0.39, 0.29) is 0 Å². The van der Waals surface area contributed by atoms with E-state index >= 15 is 0 Å². The Kier molecular flexibility index (Phi) is 2.75. The van der Waals surface area contributed by atoms with Crippen molar-refractivity contribution in [3.05, 3.63) is 60.1 Å². The standard InChI is InChI=1S/C17H13N3S/c18-14-7-3-1-6-12(14)17-20-16(10-21-17)13-9-19-15-8-4-2-5-11(13)15/h1-10,19H,18H2. The lowest BCUT2D eigenvalue weighted by Crippen LogP contribution is -1.88. The normalized spacial score (nSPS) is 11.0. The van der Waals surface area contributed by atoms with E-state index in [1.54, 1.807) is 11.3 Å². The van der Waals surface area contributed by atoms with E-state index in [4.69, 9.17) is 10.7 Å². The molecule has 0 unspecified atom stereocenters. The quantitative estimate of drug-likeness (QED) is 0.533. The summed E-state index contributed by atoms with van der Waals surface area (Å²) in [6, 6.07) is 16.1. The van der Waals surface area contributed by atoms with Crippen LogP contribution in [0.5, 0.6) is 0 Å². The van der Waals surface area contributed by atoms with Crippen molar-refractivity contribution in [3.63, 3.8) is 0 Å². The van der Waals surface area contributed by atoms with E-state index in [1.165, 1.54) is 5.39 Å². The van der Waals surface area contributed by atoms with Gasteiger partial charge in [0.15, 0.2) is 0 Å². The number of nitrogen functional groups attached to an aromatic ring is 1. The third-order valence-electron chi connectivity index (χ3n) is 3.56. The second kappa shape index (κ2) is 4.75. The number of hydrogen-bond acceptors (Lipinski definition) is 3. The van der Waals surface area contributed by atoms with Gasteiger partial charge >= 0.3 is 0 Å². The molecule has 0 spiro atoms. The van der Waals surface area contributed by atoms with Gasteiger partial charge in [-0.2, -0.15) is 0 Å². The largest absolute Gasteiger partial charge is 0.398 e. The van der Waals surface area contributed by atoms with Gasteiger partial charge in [0.25, 0.3) is 0 Å². The van der Waals surface area contributed by atoms with Gasteiger partial charge in [-0.15, -0.1) is 11.3 Å². The molecule has 21 heavy (non-hydrogen) atoms. The molecule has 4 rings (SSSR count). The Bertz CT molecular complexity index is 920. The van der Waals surface area contributed by atoms with E-state index in [9.17, 15) is 0 Å². The molecule has 2 aromatic heterocycles. The van der Waals surface area contributed by atoms with E-state index in [0.29, 0.717) is 0 Å². The van der Waals surface area contributed by atoms with Crippen LogP contribution in [0.3, 0.4) is 0 Å². The number of anilines is 1. The fraction of sp³-hybridized carbons (Fsp3) is 0. The van der Waals surface area contributed by atoms with E-state index in [0.717, 1.165) is 33.0 Å². The summed E-state index contributed by atoms with van der Waals surface area (Å²) in [5, 5.41) is 4.22. The van der Waals surface area contributed by atoms with Crippen molar-refractivity contribution in [2.24, 2.45) is 0 Å². The third-order valence-corrected chi connectivity index (χ3v) is 4.44. The highest BCUT2D eigenvalue weighted by molar-refractivity contribution is 7.13. The molecule has 3 N–H and O–H groups in total. The summed E-state index contributed by atoms with van der Waals surface area (Å²) in [4.78, 5) is 8.04. The van der Waals surface area contributed by atoms with Crippen LogP contribution in [0.1, 0.15) is 0 Å². The Morgan fingerprint density at radius 2 is 1.76 bits per heavy atom. The first-order valence-electron chi connectivity index (χ1n) is 6.70. The average molecular weight is 291 g/mol. The Morgan fingerprint density at radius 3 is 2.67 bits per heavy atom. The second-order valence-electron chi connectivity index (χ2n) is 4.87. The topological polar surface area (TPSA) is 54.7 Å². The number of H-pyrrole nitrogens is 1. The molecule has 102 valence electrons. The predicted molar refractivity (Wildman–Crippen MR) is 89.3 cm³/mol. The van der Waals surface area contributed by atoms with E-state index in [1.807, 2.05) is 42.6 Å². The summed E-state index contributed by atoms with van der Waals surface area (Å²) in [6.07, 6.45) is 2.01.